The number of hydrogen-bond donors (Lipinski definition) is 1. The zero-order valence-corrected chi connectivity index (χ0v) is 18.5. The lowest BCUT2D eigenvalue weighted by Crippen LogP contribution is -2.44. The Morgan fingerprint density at radius 3 is 2.43 bits per heavy atom. The lowest BCUT2D eigenvalue weighted by Gasteiger charge is -2.41. The number of carbonyl (C=O) groups is 2. The second-order valence-electron chi connectivity index (χ2n) is 7.37. The lowest BCUT2D eigenvalue weighted by atomic mass is 9.79. The first-order valence-corrected chi connectivity index (χ1v) is 10.7. The number of benzene rings is 3. The zero-order valence-electron chi connectivity index (χ0n) is 16.2. The monoisotopic (exact) mass is 483 g/mol. The minimum atomic E-state index is -0.969. The smallest absolute Gasteiger partial charge is 0.313 e. The van der Waals surface area contributed by atoms with Crippen LogP contribution in [-0.4, -0.2) is 21.9 Å². The summed E-state index contributed by atoms with van der Waals surface area (Å²) in [4.78, 5) is 27.6. The van der Waals surface area contributed by atoms with Gasteiger partial charge in [0.15, 0.2) is 0 Å². The molecular formula is C24H19BrClNO3. The topological polar surface area (TPSA) is 57.6 Å². The van der Waals surface area contributed by atoms with Crippen LogP contribution in [-0.2, 0) is 11.3 Å². The third-order valence-electron chi connectivity index (χ3n) is 5.60. The van der Waals surface area contributed by atoms with Crippen LogP contribution in [0.5, 0.6) is 0 Å². The minimum Gasteiger partial charge on any atom is -0.481 e. The minimum absolute atomic E-state index is 0.199. The summed E-state index contributed by atoms with van der Waals surface area (Å²) in [7, 11) is 0. The largest absolute Gasteiger partial charge is 0.481 e. The predicted octanol–water partition coefficient (Wildman–Crippen LogP) is 5.98. The molecule has 1 amide bonds. The number of halogens is 2. The van der Waals surface area contributed by atoms with E-state index in [0.717, 1.165) is 21.2 Å². The first kappa shape index (κ1) is 20.6. The van der Waals surface area contributed by atoms with E-state index >= 15 is 0 Å². The molecule has 6 heteroatoms. The summed E-state index contributed by atoms with van der Waals surface area (Å²) in [6, 6.07) is 19.3. The van der Waals surface area contributed by atoms with Crippen LogP contribution in [0.1, 0.15) is 44.6 Å². The molecule has 1 N–H and O–H groups in total. The number of carboxylic acid groups (broad SMARTS) is 1. The molecular weight excluding hydrogens is 466 g/mol. The summed E-state index contributed by atoms with van der Waals surface area (Å²) < 4.78 is 0.883. The van der Waals surface area contributed by atoms with Crippen molar-refractivity contribution in [1.82, 2.24) is 4.90 Å². The van der Waals surface area contributed by atoms with E-state index < -0.39 is 17.9 Å². The lowest BCUT2D eigenvalue weighted by molar-refractivity contribution is -0.140. The molecule has 0 spiro atoms. The molecule has 30 heavy (non-hydrogen) atoms. The van der Waals surface area contributed by atoms with Crippen molar-refractivity contribution in [2.75, 3.05) is 0 Å². The Labute approximate surface area is 188 Å². The molecule has 3 aromatic rings. The van der Waals surface area contributed by atoms with Gasteiger partial charge in [-0.15, -0.1) is 0 Å². The molecule has 0 bridgehead atoms. The Bertz CT molecular complexity index is 1110. The fourth-order valence-electron chi connectivity index (χ4n) is 4.10. The standard InChI is InChI=1S/C24H19BrClNO3/c1-14-5-4-8-20(26)19(14)13-27-22(15-9-11-16(25)12-10-15)21(24(29)30)17-6-2-3-7-18(17)23(27)28/h2-12,21-22H,13H2,1H3,(H,29,30). The molecule has 1 aliphatic heterocycles. The molecule has 0 aromatic heterocycles. The molecule has 0 radical (unpaired) electrons. The van der Waals surface area contributed by atoms with E-state index in [1.165, 1.54) is 0 Å². The molecule has 0 fully saturated rings. The Balaban J connectivity index is 1.91. The number of carbonyl (C=O) groups excluding carboxylic acids is 1. The van der Waals surface area contributed by atoms with Gasteiger partial charge < -0.3 is 10.0 Å². The summed E-state index contributed by atoms with van der Waals surface area (Å²) in [5.41, 5.74) is 3.49. The van der Waals surface area contributed by atoms with Gasteiger partial charge in [-0.25, -0.2) is 0 Å². The van der Waals surface area contributed by atoms with E-state index in [4.69, 9.17) is 11.6 Å². The van der Waals surface area contributed by atoms with Crippen LogP contribution >= 0.6 is 27.5 Å². The molecule has 1 heterocycles. The predicted molar refractivity (Wildman–Crippen MR) is 120 cm³/mol. The van der Waals surface area contributed by atoms with Crippen molar-refractivity contribution < 1.29 is 14.7 Å². The highest BCUT2D eigenvalue weighted by molar-refractivity contribution is 9.10. The molecule has 2 atom stereocenters. The number of amides is 1. The van der Waals surface area contributed by atoms with Gasteiger partial charge in [-0.3, -0.25) is 9.59 Å². The first-order chi connectivity index (χ1) is 14.4. The summed E-state index contributed by atoms with van der Waals surface area (Å²) in [5.74, 6) is -2.05. The molecule has 4 nitrogen and oxygen atoms in total. The van der Waals surface area contributed by atoms with Crippen LogP contribution in [0.3, 0.4) is 0 Å². The van der Waals surface area contributed by atoms with E-state index in [1.54, 1.807) is 35.2 Å². The summed E-state index contributed by atoms with van der Waals surface area (Å²) in [6.07, 6.45) is 0. The fraction of sp³-hybridized carbons (Fsp3) is 0.167. The van der Waals surface area contributed by atoms with Crippen LogP contribution in [0.4, 0.5) is 0 Å². The number of aliphatic carboxylic acids is 1. The van der Waals surface area contributed by atoms with Crippen LogP contribution in [0.25, 0.3) is 0 Å². The van der Waals surface area contributed by atoms with Crippen molar-refractivity contribution in [1.29, 1.82) is 0 Å². The summed E-state index contributed by atoms with van der Waals surface area (Å²) in [5, 5.41) is 10.7. The molecule has 2 unspecified atom stereocenters. The average molecular weight is 485 g/mol. The molecule has 4 rings (SSSR count). The third kappa shape index (κ3) is 3.64. The molecule has 0 saturated carbocycles. The van der Waals surface area contributed by atoms with Gasteiger partial charge in [0.2, 0.25) is 0 Å². The highest BCUT2D eigenvalue weighted by Gasteiger charge is 2.44. The highest BCUT2D eigenvalue weighted by atomic mass is 79.9. The zero-order chi connectivity index (χ0) is 21.4. The Kier molecular flexibility index (Phi) is 5.67. The van der Waals surface area contributed by atoms with Crippen molar-refractivity contribution in [2.24, 2.45) is 0 Å². The maximum Gasteiger partial charge on any atom is 0.313 e. The molecule has 1 aliphatic rings. The average Bonchev–Trinajstić information content (AvgIpc) is 2.72. The molecule has 152 valence electrons. The Morgan fingerprint density at radius 2 is 1.77 bits per heavy atom. The van der Waals surface area contributed by atoms with Gasteiger partial charge in [0, 0.05) is 21.6 Å². The van der Waals surface area contributed by atoms with Crippen molar-refractivity contribution >= 4 is 39.4 Å². The van der Waals surface area contributed by atoms with Crippen LogP contribution in [0, 0.1) is 6.92 Å². The molecule has 3 aromatic carbocycles. The number of nitrogens with zero attached hydrogens (tertiary/aromatic N) is 1. The van der Waals surface area contributed by atoms with Crippen molar-refractivity contribution in [3.63, 3.8) is 0 Å². The maximum absolute atomic E-state index is 13.5. The second kappa shape index (κ2) is 8.25. The van der Waals surface area contributed by atoms with Gasteiger partial charge in [-0.1, -0.05) is 70.0 Å². The number of rotatable bonds is 4. The SMILES string of the molecule is Cc1cccc(Cl)c1CN1C(=O)c2ccccc2C(C(=O)O)C1c1ccc(Br)cc1. The van der Waals surface area contributed by atoms with E-state index in [2.05, 4.69) is 15.9 Å². The highest BCUT2D eigenvalue weighted by Crippen LogP contribution is 2.44. The fourth-order valence-corrected chi connectivity index (χ4v) is 4.65. The van der Waals surface area contributed by atoms with Gasteiger partial charge in [0.25, 0.3) is 5.91 Å². The van der Waals surface area contributed by atoms with Crippen molar-refractivity contribution in [3.8, 4) is 0 Å². The van der Waals surface area contributed by atoms with E-state index in [0.29, 0.717) is 16.1 Å². The maximum atomic E-state index is 13.5. The van der Waals surface area contributed by atoms with Crippen molar-refractivity contribution in [2.45, 2.75) is 25.4 Å². The van der Waals surface area contributed by atoms with Gasteiger partial charge in [-0.2, -0.15) is 0 Å². The van der Waals surface area contributed by atoms with Crippen LogP contribution < -0.4 is 0 Å². The van der Waals surface area contributed by atoms with Crippen LogP contribution in [0.2, 0.25) is 5.02 Å². The number of fused-ring (bicyclic) bond motifs is 1. The van der Waals surface area contributed by atoms with Crippen molar-refractivity contribution in [3.05, 3.63) is 104 Å². The van der Waals surface area contributed by atoms with Gasteiger partial charge in [0.05, 0.1) is 6.04 Å². The first-order valence-electron chi connectivity index (χ1n) is 9.50. The number of aryl methyl sites for hydroxylation is 1. The third-order valence-corrected chi connectivity index (χ3v) is 6.48. The quantitative estimate of drug-likeness (QED) is 0.496. The Hall–Kier alpha value is -2.63. The van der Waals surface area contributed by atoms with Crippen LogP contribution in [0.15, 0.2) is 71.2 Å². The van der Waals surface area contributed by atoms with E-state index in [1.807, 2.05) is 43.3 Å². The van der Waals surface area contributed by atoms with Gasteiger partial charge in [-0.05, 0) is 53.4 Å². The van der Waals surface area contributed by atoms with Gasteiger partial charge in [0.1, 0.15) is 5.92 Å². The number of carboxylic acids is 1. The molecule has 0 saturated heterocycles. The van der Waals surface area contributed by atoms with E-state index in [9.17, 15) is 14.7 Å². The Morgan fingerprint density at radius 1 is 1.07 bits per heavy atom. The second-order valence-corrected chi connectivity index (χ2v) is 8.69. The van der Waals surface area contributed by atoms with E-state index in [-0.39, 0.29) is 12.5 Å². The summed E-state index contributed by atoms with van der Waals surface area (Å²) in [6.45, 7) is 2.16. The number of hydrogen-bond acceptors (Lipinski definition) is 2. The molecule has 0 aliphatic carbocycles. The summed E-state index contributed by atoms with van der Waals surface area (Å²) >= 11 is 9.87. The normalized spacial score (nSPS) is 18.2. The van der Waals surface area contributed by atoms with Gasteiger partial charge >= 0.3 is 5.97 Å².